The minimum Gasteiger partial charge on any atom is -0.326 e. The van der Waals surface area contributed by atoms with E-state index < -0.39 is 0 Å². The lowest BCUT2D eigenvalue weighted by atomic mass is 9.97. The van der Waals surface area contributed by atoms with E-state index in [4.69, 9.17) is 0 Å². The van der Waals surface area contributed by atoms with Gasteiger partial charge in [0.1, 0.15) is 0 Å². The molecule has 1 aromatic carbocycles. The number of hydrogen-bond acceptors (Lipinski definition) is 3. The summed E-state index contributed by atoms with van der Waals surface area (Å²) < 4.78 is 0. The average Bonchev–Trinajstić information content (AvgIpc) is 2.98. The van der Waals surface area contributed by atoms with E-state index in [2.05, 4.69) is 47.6 Å². The van der Waals surface area contributed by atoms with Crippen molar-refractivity contribution in [3.05, 3.63) is 29.3 Å². The van der Waals surface area contributed by atoms with Crippen molar-refractivity contribution in [3.63, 3.8) is 0 Å². The second-order valence-corrected chi connectivity index (χ2v) is 7.35. The largest absolute Gasteiger partial charge is 0.326 e. The van der Waals surface area contributed by atoms with E-state index in [0.717, 1.165) is 57.2 Å². The lowest BCUT2D eigenvalue weighted by Gasteiger charge is -2.22. The SMILES string of the molecule is CC(C)CCN1Cc2cccc(NC(=O)C3CCNCC3)c2C1. The van der Waals surface area contributed by atoms with E-state index >= 15 is 0 Å². The fourth-order valence-electron chi connectivity index (χ4n) is 3.52. The molecule has 1 saturated heterocycles. The maximum Gasteiger partial charge on any atom is 0.227 e. The van der Waals surface area contributed by atoms with Gasteiger partial charge in [0.25, 0.3) is 0 Å². The molecule has 2 heterocycles. The number of carbonyl (C=O) groups excluding carboxylic acids is 1. The Labute approximate surface area is 139 Å². The van der Waals surface area contributed by atoms with E-state index in [9.17, 15) is 4.79 Å². The summed E-state index contributed by atoms with van der Waals surface area (Å²) in [6.07, 6.45) is 3.12. The quantitative estimate of drug-likeness (QED) is 0.878. The molecule has 23 heavy (non-hydrogen) atoms. The summed E-state index contributed by atoms with van der Waals surface area (Å²) >= 11 is 0. The van der Waals surface area contributed by atoms with Gasteiger partial charge in [-0.1, -0.05) is 26.0 Å². The van der Waals surface area contributed by atoms with Crippen LogP contribution in [0, 0.1) is 11.8 Å². The topological polar surface area (TPSA) is 44.4 Å². The van der Waals surface area contributed by atoms with Crippen LogP contribution in [-0.4, -0.2) is 30.4 Å². The molecule has 1 aromatic rings. The number of fused-ring (bicyclic) bond motifs is 1. The van der Waals surface area contributed by atoms with Crippen molar-refractivity contribution in [3.8, 4) is 0 Å². The second-order valence-electron chi connectivity index (χ2n) is 7.35. The lowest BCUT2D eigenvalue weighted by Crippen LogP contribution is -2.34. The Kier molecular flexibility index (Phi) is 5.34. The highest BCUT2D eigenvalue weighted by Crippen LogP contribution is 2.30. The molecule has 126 valence electrons. The van der Waals surface area contributed by atoms with Crippen molar-refractivity contribution >= 4 is 11.6 Å². The first-order valence-corrected chi connectivity index (χ1v) is 8.98. The highest BCUT2D eigenvalue weighted by molar-refractivity contribution is 5.93. The van der Waals surface area contributed by atoms with Gasteiger partial charge in [0.2, 0.25) is 5.91 Å². The van der Waals surface area contributed by atoms with Crippen LogP contribution >= 0.6 is 0 Å². The van der Waals surface area contributed by atoms with E-state index in [-0.39, 0.29) is 11.8 Å². The molecule has 0 saturated carbocycles. The number of piperidine rings is 1. The van der Waals surface area contributed by atoms with Crippen molar-refractivity contribution in [1.82, 2.24) is 10.2 Å². The number of nitrogens with one attached hydrogen (secondary N) is 2. The maximum atomic E-state index is 12.5. The molecule has 0 unspecified atom stereocenters. The van der Waals surface area contributed by atoms with Gasteiger partial charge >= 0.3 is 0 Å². The molecular formula is C19H29N3O. The Morgan fingerprint density at radius 3 is 2.83 bits per heavy atom. The van der Waals surface area contributed by atoms with Crippen molar-refractivity contribution < 1.29 is 4.79 Å². The summed E-state index contributed by atoms with van der Waals surface area (Å²) in [4.78, 5) is 15.0. The highest BCUT2D eigenvalue weighted by atomic mass is 16.1. The van der Waals surface area contributed by atoms with Gasteiger partial charge in [0.05, 0.1) is 0 Å². The van der Waals surface area contributed by atoms with Crippen LogP contribution in [0.2, 0.25) is 0 Å². The predicted molar refractivity (Wildman–Crippen MR) is 94.2 cm³/mol. The van der Waals surface area contributed by atoms with Crippen LogP contribution in [0.5, 0.6) is 0 Å². The Morgan fingerprint density at radius 2 is 2.09 bits per heavy atom. The van der Waals surface area contributed by atoms with Crippen LogP contribution < -0.4 is 10.6 Å². The van der Waals surface area contributed by atoms with Crippen LogP contribution in [0.4, 0.5) is 5.69 Å². The van der Waals surface area contributed by atoms with Crippen molar-refractivity contribution in [2.24, 2.45) is 11.8 Å². The first-order valence-electron chi connectivity index (χ1n) is 8.98. The number of carbonyl (C=O) groups is 1. The Morgan fingerprint density at radius 1 is 1.30 bits per heavy atom. The molecule has 1 amide bonds. The smallest absolute Gasteiger partial charge is 0.227 e. The van der Waals surface area contributed by atoms with Gasteiger partial charge in [0.15, 0.2) is 0 Å². The molecular weight excluding hydrogens is 286 g/mol. The summed E-state index contributed by atoms with van der Waals surface area (Å²) in [6, 6.07) is 6.33. The molecule has 3 rings (SSSR count). The van der Waals surface area contributed by atoms with E-state index in [0.29, 0.717) is 0 Å². The predicted octanol–water partition coefficient (Wildman–Crippen LogP) is 2.99. The van der Waals surface area contributed by atoms with Crippen LogP contribution in [0.3, 0.4) is 0 Å². The van der Waals surface area contributed by atoms with Gasteiger partial charge in [-0.05, 0) is 62.0 Å². The number of hydrogen-bond donors (Lipinski definition) is 2. The second kappa shape index (κ2) is 7.45. The fourth-order valence-corrected chi connectivity index (χ4v) is 3.52. The summed E-state index contributed by atoms with van der Waals surface area (Å²) in [6.45, 7) is 9.56. The molecule has 1 fully saturated rings. The third-order valence-electron chi connectivity index (χ3n) is 5.04. The molecule has 0 atom stereocenters. The zero-order valence-electron chi connectivity index (χ0n) is 14.4. The number of anilines is 1. The van der Waals surface area contributed by atoms with Gasteiger partial charge in [-0.25, -0.2) is 0 Å². The molecule has 0 bridgehead atoms. The van der Waals surface area contributed by atoms with Crippen LogP contribution in [0.15, 0.2) is 18.2 Å². The van der Waals surface area contributed by atoms with E-state index in [1.807, 2.05) is 0 Å². The Hall–Kier alpha value is -1.39. The molecule has 0 radical (unpaired) electrons. The van der Waals surface area contributed by atoms with E-state index in [1.165, 1.54) is 17.5 Å². The summed E-state index contributed by atoms with van der Waals surface area (Å²) in [5.74, 6) is 1.09. The molecule has 2 aliphatic heterocycles. The van der Waals surface area contributed by atoms with Crippen molar-refractivity contribution in [2.75, 3.05) is 25.0 Å². The van der Waals surface area contributed by atoms with Crippen molar-refractivity contribution in [1.29, 1.82) is 0 Å². The number of rotatable bonds is 5. The zero-order chi connectivity index (χ0) is 16.2. The molecule has 0 spiro atoms. The third-order valence-corrected chi connectivity index (χ3v) is 5.04. The minimum absolute atomic E-state index is 0.158. The van der Waals surface area contributed by atoms with Gasteiger partial charge in [-0.15, -0.1) is 0 Å². The van der Waals surface area contributed by atoms with Crippen molar-refractivity contribution in [2.45, 2.75) is 46.2 Å². The van der Waals surface area contributed by atoms with Gasteiger partial charge in [-0.2, -0.15) is 0 Å². The molecule has 2 N–H and O–H groups in total. The van der Waals surface area contributed by atoms with E-state index in [1.54, 1.807) is 0 Å². The molecule has 0 aliphatic carbocycles. The Balaban J connectivity index is 1.64. The number of benzene rings is 1. The minimum atomic E-state index is 0.158. The van der Waals surface area contributed by atoms with Crippen LogP contribution in [-0.2, 0) is 17.9 Å². The molecule has 0 aromatic heterocycles. The molecule has 2 aliphatic rings. The first kappa shape index (κ1) is 16.5. The maximum absolute atomic E-state index is 12.5. The molecule has 4 nitrogen and oxygen atoms in total. The third kappa shape index (κ3) is 4.12. The van der Waals surface area contributed by atoms with Gasteiger partial charge < -0.3 is 10.6 Å². The highest BCUT2D eigenvalue weighted by Gasteiger charge is 2.25. The monoisotopic (exact) mass is 315 g/mol. The average molecular weight is 315 g/mol. The fraction of sp³-hybridized carbons (Fsp3) is 0.632. The molecule has 4 heteroatoms. The van der Waals surface area contributed by atoms with Crippen LogP contribution in [0.25, 0.3) is 0 Å². The Bertz CT molecular complexity index is 550. The standard InChI is InChI=1S/C19H29N3O/c1-14(2)8-11-22-12-16-4-3-5-18(17(16)13-22)21-19(23)15-6-9-20-10-7-15/h3-5,14-15,20H,6-13H2,1-2H3,(H,21,23). The number of nitrogens with zero attached hydrogens (tertiary/aromatic N) is 1. The number of amides is 1. The van der Waals surface area contributed by atoms with Gasteiger partial charge in [-0.3, -0.25) is 9.69 Å². The first-order chi connectivity index (χ1) is 11.1. The summed E-state index contributed by atoms with van der Waals surface area (Å²) in [7, 11) is 0. The van der Waals surface area contributed by atoms with Crippen LogP contribution in [0.1, 0.15) is 44.2 Å². The summed E-state index contributed by atoms with van der Waals surface area (Å²) in [5.41, 5.74) is 3.72. The summed E-state index contributed by atoms with van der Waals surface area (Å²) in [5, 5.41) is 6.52. The van der Waals surface area contributed by atoms with Gasteiger partial charge in [0, 0.05) is 24.7 Å². The zero-order valence-corrected chi connectivity index (χ0v) is 14.4. The lowest BCUT2D eigenvalue weighted by molar-refractivity contribution is -0.120. The normalized spacial score (nSPS) is 19.1.